The van der Waals surface area contributed by atoms with Crippen LogP contribution < -0.4 is 5.32 Å². The summed E-state index contributed by atoms with van der Waals surface area (Å²) in [6, 6.07) is 0.567. The third-order valence-corrected chi connectivity index (χ3v) is 3.79. The van der Waals surface area contributed by atoms with E-state index >= 15 is 0 Å². The molecule has 94 valence electrons. The highest BCUT2D eigenvalue weighted by Gasteiger charge is 2.25. The van der Waals surface area contributed by atoms with E-state index in [1.165, 1.54) is 19.3 Å². The van der Waals surface area contributed by atoms with Crippen LogP contribution in [0, 0.1) is 11.8 Å². The number of allylic oxidation sites excluding steroid dienone is 1. The molecule has 0 saturated heterocycles. The van der Waals surface area contributed by atoms with Gasteiger partial charge in [-0.3, -0.25) is 0 Å². The maximum absolute atomic E-state index is 4.39. The number of rotatable bonds is 4. The summed E-state index contributed by atoms with van der Waals surface area (Å²) < 4.78 is 2.11. The van der Waals surface area contributed by atoms with Crippen LogP contribution in [0.5, 0.6) is 0 Å². The number of aromatic nitrogens is 2. The van der Waals surface area contributed by atoms with E-state index < -0.39 is 0 Å². The monoisotopic (exact) mass is 233 g/mol. The molecular formula is C14H23N3. The molecule has 0 bridgehead atoms. The number of nitrogens with one attached hydrogen (secondary N) is 1. The van der Waals surface area contributed by atoms with Crippen molar-refractivity contribution in [1.82, 2.24) is 9.55 Å². The van der Waals surface area contributed by atoms with Crippen molar-refractivity contribution in [1.29, 1.82) is 0 Å². The summed E-state index contributed by atoms with van der Waals surface area (Å²) in [6.45, 7) is 9.29. The van der Waals surface area contributed by atoms with Crippen LogP contribution in [0.2, 0.25) is 0 Å². The van der Waals surface area contributed by atoms with E-state index in [4.69, 9.17) is 0 Å². The lowest BCUT2D eigenvalue weighted by atomic mass is 9.80. The van der Waals surface area contributed by atoms with Crippen LogP contribution in [-0.2, 0) is 6.54 Å². The number of imidazole rings is 1. The van der Waals surface area contributed by atoms with Crippen molar-refractivity contribution in [2.75, 3.05) is 5.32 Å². The lowest BCUT2D eigenvalue weighted by Crippen LogP contribution is -2.34. The fourth-order valence-corrected chi connectivity index (χ4v) is 2.78. The Labute approximate surface area is 104 Å². The van der Waals surface area contributed by atoms with E-state index in [9.17, 15) is 0 Å². The van der Waals surface area contributed by atoms with Gasteiger partial charge in [-0.1, -0.05) is 19.9 Å². The molecule has 1 fully saturated rings. The Hall–Kier alpha value is -1.25. The largest absolute Gasteiger partial charge is 0.353 e. The second kappa shape index (κ2) is 5.39. The average Bonchev–Trinajstić information content (AvgIpc) is 2.71. The van der Waals surface area contributed by atoms with Gasteiger partial charge in [0.25, 0.3) is 0 Å². The van der Waals surface area contributed by atoms with E-state index in [1.54, 1.807) is 0 Å². The maximum Gasteiger partial charge on any atom is 0.203 e. The van der Waals surface area contributed by atoms with E-state index in [0.29, 0.717) is 6.04 Å². The molecule has 17 heavy (non-hydrogen) atoms. The lowest BCUT2D eigenvalue weighted by molar-refractivity contribution is 0.275. The first-order valence-electron chi connectivity index (χ1n) is 6.59. The van der Waals surface area contributed by atoms with Gasteiger partial charge in [-0.15, -0.1) is 6.58 Å². The summed E-state index contributed by atoms with van der Waals surface area (Å²) in [7, 11) is 0. The zero-order chi connectivity index (χ0) is 12.3. The van der Waals surface area contributed by atoms with E-state index in [0.717, 1.165) is 24.3 Å². The van der Waals surface area contributed by atoms with Gasteiger partial charge in [-0.05, 0) is 31.1 Å². The third-order valence-electron chi connectivity index (χ3n) is 3.79. The highest BCUT2D eigenvalue weighted by Crippen LogP contribution is 2.30. The van der Waals surface area contributed by atoms with Gasteiger partial charge in [0.15, 0.2) is 0 Å². The first-order valence-corrected chi connectivity index (χ1v) is 6.59. The standard InChI is InChI=1S/C14H23N3/c1-4-8-17-9-7-15-14(17)16-13-6-5-11(2)10-12(13)3/h4,7,9,11-13H,1,5-6,8,10H2,2-3H3,(H,15,16). The van der Waals surface area contributed by atoms with E-state index in [2.05, 4.69) is 35.3 Å². The molecule has 1 aromatic heterocycles. The lowest BCUT2D eigenvalue weighted by Gasteiger charge is -2.33. The van der Waals surface area contributed by atoms with Crippen molar-refractivity contribution in [3.05, 3.63) is 25.0 Å². The fourth-order valence-electron chi connectivity index (χ4n) is 2.78. The summed E-state index contributed by atoms with van der Waals surface area (Å²) in [5, 5.41) is 3.59. The Kier molecular flexibility index (Phi) is 3.87. The zero-order valence-electron chi connectivity index (χ0n) is 10.9. The second-order valence-electron chi connectivity index (χ2n) is 5.34. The molecule has 1 aliphatic carbocycles. The van der Waals surface area contributed by atoms with E-state index in [-0.39, 0.29) is 0 Å². The third kappa shape index (κ3) is 2.90. The van der Waals surface area contributed by atoms with Crippen molar-refractivity contribution in [2.24, 2.45) is 11.8 Å². The van der Waals surface area contributed by atoms with Gasteiger partial charge in [-0.2, -0.15) is 0 Å². The highest BCUT2D eigenvalue weighted by atomic mass is 15.2. The first-order chi connectivity index (χ1) is 8.20. The molecule has 0 aromatic carbocycles. The molecule has 0 radical (unpaired) electrons. The van der Waals surface area contributed by atoms with Gasteiger partial charge in [0, 0.05) is 25.0 Å². The summed E-state index contributed by atoms with van der Waals surface area (Å²) in [5.74, 6) is 2.58. The van der Waals surface area contributed by atoms with Crippen LogP contribution in [0.1, 0.15) is 33.1 Å². The average molecular weight is 233 g/mol. The fraction of sp³-hybridized carbons (Fsp3) is 0.643. The normalized spacial score (nSPS) is 28.9. The van der Waals surface area contributed by atoms with Crippen LogP contribution in [-0.4, -0.2) is 15.6 Å². The Bertz CT molecular complexity index is 369. The highest BCUT2D eigenvalue weighted by molar-refractivity contribution is 5.28. The molecular weight excluding hydrogens is 210 g/mol. The Morgan fingerprint density at radius 3 is 3.06 bits per heavy atom. The van der Waals surface area contributed by atoms with Crippen LogP contribution in [0.15, 0.2) is 25.0 Å². The van der Waals surface area contributed by atoms with Gasteiger partial charge in [-0.25, -0.2) is 4.98 Å². The summed E-state index contributed by atoms with van der Waals surface area (Å²) in [4.78, 5) is 4.39. The quantitative estimate of drug-likeness (QED) is 0.809. The van der Waals surface area contributed by atoms with Gasteiger partial charge < -0.3 is 9.88 Å². The SMILES string of the molecule is C=CCn1ccnc1NC1CCC(C)CC1C. The molecule has 3 atom stereocenters. The number of nitrogens with zero attached hydrogens (tertiary/aromatic N) is 2. The number of anilines is 1. The van der Waals surface area contributed by atoms with Crippen molar-refractivity contribution in [3.8, 4) is 0 Å². The van der Waals surface area contributed by atoms with Gasteiger partial charge in [0.05, 0.1) is 0 Å². The number of hydrogen-bond donors (Lipinski definition) is 1. The Morgan fingerprint density at radius 1 is 1.53 bits per heavy atom. The van der Waals surface area contributed by atoms with Crippen LogP contribution in [0.4, 0.5) is 5.95 Å². The first kappa shape index (κ1) is 12.2. The zero-order valence-corrected chi connectivity index (χ0v) is 10.9. The molecule has 1 aliphatic rings. The predicted octanol–water partition coefficient (Wildman–Crippen LogP) is 3.31. The smallest absolute Gasteiger partial charge is 0.203 e. The minimum atomic E-state index is 0.567. The summed E-state index contributed by atoms with van der Waals surface area (Å²) >= 11 is 0. The second-order valence-corrected chi connectivity index (χ2v) is 5.34. The number of hydrogen-bond acceptors (Lipinski definition) is 2. The van der Waals surface area contributed by atoms with Gasteiger partial charge in [0.1, 0.15) is 0 Å². The molecule has 1 saturated carbocycles. The molecule has 1 aromatic rings. The molecule has 1 heterocycles. The molecule has 2 rings (SSSR count). The molecule has 0 amide bonds. The van der Waals surface area contributed by atoms with Crippen LogP contribution in [0.25, 0.3) is 0 Å². The minimum absolute atomic E-state index is 0.567. The minimum Gasteiger partial charge on any atom is -0.353 e. The predicted molar refractivity (Wildman–Crippen MR) is 72.0 cm³/mol. The molecule has 0 spiro atoms. The summed E-state index contributed by atoms with van der Waals surface area (Å²) in [6.07, 6.45) is 9.65. The van der Waals surface area contributed by atoms with Gasteiger partial charge >= 0.3 is 0 Å². The van der Waals surface area contributed by atoms with Crippen molar-refractivity contribution in [2.45, 2.75) is 45.7 Å². The molecule has 3 nitrogen and oxygen atoms in total. The van der Waals surface area contributed by atoms with Gasteiger partial charge in [0.2, 0.25) is 5.95 Å². The molecule has 0 aliphatic heterocycles. The summed E-state index contributed by atoms with van der Waals surface area (Å²) in [5.41, 5.74) is 0. The van der Waals surface area contributed by atoms with Crippen molar-refractivity contribution >= 4 is 5.95 Å². The molecule has 3 unspecified atom stereocenters. The van der Waals surface area contributed by atoms with Crippen molar-refractivity contribution in [3.63, 3.8) is 0 Å². The topological polar surface area (TPSA) is 29.9 Å². The maximum atomic E-state index is 4.39. The van der Waals surface area contributed by atoms with Crippen LogP contribution in [0.3, 0.4) is 0 Å². The molecule has 1 N–H and O–H groups in total. The van der Waals surface area contributed by atoms with E-state index in [1.807, 2.05) is 18.5 Å². The van der Waals surface area contributed by atoms with Crippen molar-refractivity contribution < 1.29 is 0 Å². The Morgan fingerprint density at radius 2 is 2.35 bits per heavy atom. The molecule has 3 heteroatoms. The Balaban J connectivity index is 2.00. The van der Waals surface area contributed by atoms with Crippen LogP contribution >= 0.6 is 0 Å².